The molecule has 3 heterocycles. The molecule has 0 aliphatic rings. The number of benzene rings is 2. The SMILES string of the molecule is Cc1nc(C)c(Cn2nc(-c3nnc(C(F)F)s3)c3cc(SCc4ccccc4)c(F)cc32)s1. The van der Waals surface area contributed by atoms with Crippen molar-refractivity contribution in [3.8, 4) is 10.7 Å². The molecule has 174 valence electrons. The number of hydrogen-bond donors (Lipinski definition) is 0. The van der Waals surface area contributed by atoms with Crippen molar-refractivity contribution in [1.29, 1.82) is 0 Å². The van der Waals surface area contributed by atoms with Crippen LogP contribution in [0.25, 0.3) is 21.6 Å². The van der Waals surface area contributed by atoms with Gasteiger partial charge in [0.1, 0.15) is 11.5 Å². The molecule has 0 aliphatic heterocycles. The van der Waals surface area contributed by atoms with Crippen molar-refractivity contribution in [3.63, 3.8) is 0 Å². The van der Waals surface area contributed by atoms with Gasteiger partial charge in [-0.3, -0.25) is 4.68 Å². The quantitative estimate of drug-likeness (QED) is 0.217. The van der Waals surface area contributed by atoms with Crippen molar-refractivity contribution >= 4 is 45.3 Å². The third-order valence-corrected chi connectivity index (χ3v) is 8.26. The zero-order valence-corrected chi connectivity index (χ0v) is 20.6. The van der Waals surface area contributed by atoms with Crippen molar-refractivity contribution in [1.82, 2.24) is 25.0 Å². The molecule has 0 fully saturated rings. The summed E-state index contributed by atoms with van der Waals surface area (Å²) in [5.41, 5.74) is 2.94. The lowest BCUT2D eigenvalue weighted by Crippen LogP contribution is -2.02. The third-order valence-electron chi connectivity index (χ3n) is 5.16. The van der Waals surface area contributed by atoms with Crippen LogP contribution in [0.3, 0.4) is 0 Å². The fourth-order valence-electron chi connectivity index (χ4n) is 3.57. The topological polar surface area (TPSA) is 56.5 Å². The first-order valence-electron chi connectivity index (χ1n) is 10.3. The van der Waals surface area contributed by atoms with Crippen LogP contribution in [0.1, 0.15) is 32.6 Å². The number of thioether (sulfide) groups is 1. The summed E-state index contributed by atoms with van der Waals surface area (Å²) in [5.74, 6) is 0.240. The van der Waals surface area contributed by atoms with E-state index in [1.807, 2.05) is 44.2 Å². The van der Waals surface area contributed by atoms with Gasteiger partial charge in [-0.2, -0.15) is 5.10 Å². The van der Waals surface area contributed by atoms with Crippen LogP contribution in [0.5, 0.6) is 0 Å². The van der Waals surface area contributed by atoms with Crippen LogP contribution >= 0.6 is 34.4 Å². The standard InChI is InChI=1S/C23H18F3N5S3/c1-12-19(33-13(2)27-12)10-31-17-9-16(24)18(32-11-14-6-4-3-5-7-14)8-15(17)20(30-31)22-28-29-23(34-22)21(25)26/h3-9,21H,10-11H2,1-2H3. The first kappa shape index (κ1) is 23.0. The predicted octanol–water partition coefficient (Wildman–Crippen LogP) is 7.05. The number of halogens is 3. The molecule has 0 saturated heterocycles. The Morgan fingerprint density at radius 1 is 1.06 bits per heavy atom. The highest BCUT2D eigenvalue weighted by Crippen LogP contribution is 2.37. The van der Waals surface area contributed by atoms with Gasteiger partial charge in [-0.15, -0.1) is 33.3 Å². The highest BCUT2D eigenvalue weighted by atomic mass is 32.2. The van der Waals surface area contributed by atoms with Gasteiger partial charge in [-0.25, -0.2) is 18.2 Å². The number of fused-ring (bicyclic) bond motifs is 1. The molecule has 2 aromatic carbocycles. The molecule has 34 heavy (non-hydrogen) atoms. The molecule has 0 unspecified atom stereocenters. The molecular formula is C23H18F3N5S3. The number of aryl methyl sites for hydroxylation is 2. The van der Waals surface area contributed by atoms with Gasteiger partial charge in [0.2, 0.25) is 0 Å². The van der Waals surface area contributed by atoms with Crippen LogP contribution < -0.4 is 0 Å². The lowest BCUT2D eigenvalue weighted by Gasteiger charge is -2.06. The molecule has 0 aliphatic carbocycles. The van der Waals surface area contributed by atoms with Gasteiger partial charge in [0, 0.05) is 27.0 Å². The fraction of sp³-hybridized carbons (Fsp3) is 0.217. The second-order valence-electron chi connectivity index (χ2n) is 7.57. The van der Waals surface area contributed by atoms with Crippen LogP contribution in [0.4, 0.5) is 13.2 Å². The van der Waals surface area contributed by atoms with Crippen LogP contribution in [0.2, 0.25) is 0 Å². The number of thiazole rings is 1. The van der Waals surface area contributed by atoms with Crippen LogP contribution in [-0.2, 0) is 12.3 Å². The zero-order chi connectivity index (χ0) is 23.8. The zero-order valence-electron chi connectivity index (χ0n) is 18.1. The maximum absolute atomic E-state index is 15.1. The Hall–Kier alpha value is -2.76. The van der Waals surface area contributed by atoms with Crippen LogP contribution in [-0.4, -0.2) is 25.0 Å². The van der Waals surface area contributed by atoms with E-state index in [-0.39, 0.29) is 15.8 Å². The summed E-state index contributed by atoms with van der Waals surface area (Å²) >= 11 is 3.72. The summed E-state index contributed by atoms with van der Waals surface area (Å²) in [6.07, 6.45) is -2.71. The summed E-state index contributed by atoms with van der Waals surface area (Å²) in [7, 11) is 0. The summed E-state index contributed by atoms with van der Waals surface area (Å²) in [4.78, 5) is 5.92. The van der Waals surface area contributed by atoms with Gasteiger partial charge < -0.3 is 0 Å². The van der Waals surface area contributed by atoms with Crippen molar-refractivity contribution in [2.45, 2.75) is 37.5 Å². The molecule has 0 amide bonds. The van der Waals surface area contributed by atoms with Gasteiger partial charge in [0.05, 0.1) is 22.8 Å². The highest BCUT2D eigenvalue weighted by Gasteiger charge is 2.22. The molecule has 5 nitrogen and oxygen atoms in total. The Bertz CT molecular complexity index is 1460. The van der Waals surface area contributed by atoms with Crippen molar-refractivity contribution < 1.29 is 13.2 Å². The lowest BCUT2D eigenvalue weighted by molar-refractivity contribution is 0.150. The Morgan fingerprint density at radius 2 is 1.85 bits per heavy atom. The largest absolute Gasteiger partial charge is 0.291 e. The molecule has 0 spiro atoms. The molecule has 0 bridgehead atoms. The van der Waals surface area contributed by atoms with E-state index in [1.54, 1.807) is 22.1 Å². The Labute approximate surface area is 205 Å². The van der Waals surface area contributed by atoms with E-state index in [0.717, 1.165) is 32.5 Å². The molecule has 5 rings (SSSR count). The minimum absolute atomic E-state index is 0.280. The Kier molecular flexibility index (Phi) is 6.41. The van der Waals surface area contributed by atoms with E-state index in [9.17, 15) is 8.78 Å². The first-order valence-corrected chi connectivity index (χ1v) is 12.9. The molecule has 0 saturated carbocycles. The van der Waals surface area contributed by atoms with Gasteiger partial charge in [0.15, 0.2) is 10.0 Å². The van der Waals surface area contributed by atoms with Crippen molar-refractivity contribution in [2.24, 2.45) is 0 Å². The average molecular weight is 518 g/mol. The molecule has 0 atom stereocenters. The number of rotatable bonds is 7. The minimum atomic E-state index is -2.71. The van der Waals surface area contributed by atoms with Gasteiger partial charge in [-0.1, -0.05) is 41.7 Å². The summed E-state index contributed by atoms with van der Waals surface area (Å²) in [5, 5.41) is 13.7. The summed E-state index contributed by atoms with van der Waals surface area (Å²) in [6.45, 7) is 4.24. The van der Waals surface area contributed by atoms with E-state index in [2.05, 4.69) is 20.3 Å². The number of aromatic nitrogens is 5. The van der Waals surface area contributed by atoms with E-state index < -0.39 is 6.43 Å². The maximum Gasteiger partial charge on any atom is 0.291 e. The Morgan fingerprint density at radius 3 is 2.53 bits per heavy atom. The maximum atomic E-state index is 15.1. The van der Waals surface area contributed by atoms with E-state index >= 15 is 4.39 Å². The molecule has 5 aromatic rings. The van der Waals surface area contributed by atoms with E-state index in [0.29, 0.717) is 33.8 Å². The average Bonchev–Trinajstić information content (AvgIpc) is 3.51. The highest BCUT2D eigenvalue weighted by molar-refractivity contribution is 7.98. The van der Waals surface area contributed by atoms with Gasteiger partial charge >= 0.3 is 0 Å². The first-order chi connectivity index (χ1) is 16.4. The molecular weight excluding hydrogens is 499 g/mol. The fourth-order valence-corrected chi connectivity index (χ4v) is 6.10. The van der Waals surface area contributed by atoms with E-state index in [4.69, 9.17) is 0 Å². The second-order valence-corrected chi connectivity index (χ2v) is 10.9. The predicted molar refractivity (Wildman–Crippen MR) is 130 cm³/mol. The number of nitrogens with zero attached hydrogens (tertiary/aromatic N) is 5. The third kappa shape index (κ3) is 4.59. The van der Waals surface area contributed by atoms with Crippen LogP contribution in [0.15, 0.2) is 47.4 Å². The Balaban J connectivity index is 1.59. The van der Waals surface area contributed by atoms with Gasteiger partial charge in [-0.05, 0) is 25.5 Å². The van der Waals surface area contributed by atoms with Crippen LogP contribution in [0, 0.1) is 19.7 Å². The summed E-state index contributed by atoms with van der Waals surface area (Å²) < 4.78 is 43.1. The molecule has 0 radical (unpaired) electrons. The molecule has 11 heteroatoms. The van der Waals surface area contributed by atoms with Gasteiger partial charge in [0.25, 0.3) is 6.43 Å². The summed E-state index contributed by atoms with van der Waals surface area (Å²) in [6, 6.07) is 13.0. The van der Waals surface area contributed by atoms with Crippen molar-refractivity contribution in [2.75, 3.05) is 0 Å². The van der Waals surface area contributed by atoms with Crippen molar-refractivity contribution in [3.05, 3.63) is 74.4 Å². The second kappa shape index (κ2) is 9.47. The number of alkyl halides is 2. The normalized spacial score (nSPS) is 11.7. The van der Waals surface area contributed by atoms with E-state index in [1.165, 1.54) is 17.8 Å². The number of hydrogen-bond acceptors (Lipinski definition) is 7. The smallest absolute Gasteiger partial charge is 0.259 e. The molecule has 3 aromatic heterocycles. The minimum Gasteiger partial charge on any atom is -0.259 e. The monoisotopic (exact) mass is 517 g/mol. The lowest BCUT2D eigenvalue weighted by atomic mass is 10.2. The molecule has 0 N–H and O–H groups in total.